The highest BCUT2D eigenvalue weighted by Gasteiger charge is 2.18. The Morgan fingerprint density at radius 1 is 1.41 bits per heavy atom. The molecule has 1 aromatic carbocycles. The Hall–Kier alpha value is -1.81. The highest BCUT2D eigenvalue weighted by Crippen LogP contribution is 2.31. The van der Waals surface area contributed by atoms with Gasteiger partial charge in [0.2, 0.25) is 0 Å². The zero-order chi connectivity index (χ0) is 12.6. The van der Waals surface area contributed by atoms with Crippen LogP contribution in [0.15, 0.2) is 22.7 Å². The first-order valence-electron chi connectivity index (χ1n) is 4.97. The zero-order valence-electron chi connectivity index (χ0n) is 9.32. The van der Waals surface area contributed by atoms with Crippen LogP contribution in [0.4, 0.5) is 0 Å². The molecule has 4 nitrogen and oxygen atoms in total. The van der Waals surface area contributed by atoms with Crippen LogP contribution in [0.1, 0.15) is 21.8 Å². The molecule has 1 aromatic heterocycles. The Kier molecular flexibility index (Phi) is 2.90. The summed E-state index contributed by atoms with van der Waals surface area (Å²) < 4.78 is 5.04. The lowest BCUT2D eigenvalue weighted by molar-refractivity contribution is 0.0698. The molecule has 5 heteroatoms. The predicted octanol–water partition coefficient (Wildman–Crippen LogP) is 3.31. The maximum atomic E-state index is 11.2. The average Bonchev–Trinajstić information content (AvgIpc) is 2.58. The number of hydrogen-bond acceptors (Lipinski definition) is 3. The molecule has 1 N–H and O–H groups in total. The van der Waals surface area contributed by atoms with Gasteiger partial charge in [-0.2, -0.15) is 0 Å². The minimum atomic E-state index is -1.00. The number of halogens is 1. The van der Waals surface area contributed by atoms with E-state index in [1.54, 1.807) is 26.0 Å². The van der Waals surface area contributed by atoms with Gasteiger partial charge >= 0.3 is 5.97 Å². The van der Waals surface area contributed by atoms with E-state index in [1.165, 1.54) is 6.07 Å². The maximum Gasteiger partial charge on any atom is 0.336 e. The number of carboxylic acid groups (broad SMARTS) is 1. The first kappa shape index (κ1) is 11.7. The summed E-state index contributed by atoms with van der Waals surface area (Å²) in [5.41, 5.74) is 2.04. The fraction of sp³-hybridized carbons (Fsp3) is 0.167. The largest absolute Gasteiger partial charge is 0.478 e. The predicted molar refractivity (Wildman–Crippen MR) is 63.4 cm³/mol. The van der Waals surface area contributed by atoms with Crippen LogP contribution in [0, 0.1) is 13.8 Å². The van der Waals surface area contributed by atoms with Crippen molar-refractivity contribution in [2.45, 2.75) is 13.8 Å². The van der Waals surface area contributed by atoms with Crippen LogP contribution in [0.25, 0.3) is 11.1 Å². The fourth-order valence-electron chi connectivity index (χ4n) is 1.78. The van der Waals surface area contributed by atoms with E-state index in [2.05, 4.69) is 5.16 Å². The number of nitrogens with zero attached hydrogens (tertiary/aromatic N) is 1. The van der Waals surface area contributed by atoms with Gasteiger partial charge in [0, 0.05) is 16.1 Å². The second-order valence-electron chi connectivity index (χ2n) is 3.69. The molecular weight excluding hydrogens is 242 g/mol. The van der Waals surface area contributed by atoms with Crippen LogP contribution in [0.3, 0.4) is 0 Å². The topological polar surface area (TPSA) is 63.3 Å². The minimum absolute atomic E-state index is 0.184. The van der Waals surface area contributed by atoms with Crippen molar-refractivity contribution in [2.75, 3.05) is 0 Å². The molecule has 0 radical (unpaired) electrons. The van der Waals surface area contributed by atoms with Gasteiger partial charge in [-0.3, -0.25) is 0 Å². The second kappa shape index (κ2) is 4.22. The summed E-state index contributed by atoms with van der Waals surface area (Å²) >= 11 is 5.90. The third-order valence-corrected chi connectivity index (χ3v) is 2.75. The molecular formula is C12H10ClNO3. The van der Waals surface area contributed by atoms with E-state index in [1.807, 2.05) is 0 Å². The molecule has 2 aromatic rings. The van der Waals surface area contributed by atoms with Gasteiger partial charge in [0.15, 0.2) is 0 Å². The van der Waals surface area contributed by atoms with Crippen LogP contribution in [-0.4, -0.2) is 16.2 Å². The van der Waals surface area contributed by atoms with E-state index in [0.29, 0.717) is 27.6 Å². The molecule has 0 spiro atoms. The Balaban J connectivity index is 2.74. The number of carbonyl (C=O) groups is 1. The Labute approximate surface area is 103 Å². The van der Waals surface area contributed by atoms with Gasteiger partial charge in [-0.15, -0.1) is 0 Å². The van der Waals surface area contributed by atoms with Crippen LogP contribution in [0.2, 0.25) is 5.02 Å². The average molecular weight is 252 g/mol. The van der Waals surface area contributed by atoms with Crippen molar-refractivity contribution in [3.63, 3.8) is 0 Å². The monoisotopic (exact) mass is 251 g/mol. The van der Waals surface area contributed by atoms with Crippen molar-refractivity contribution in [1.82, 2.24) is 5.16 Å². The highest BCUT2D eigenvalue weighted by molar-refractivity contribution is 6.31. The molecule has 0 unspecified atom stereocenters. The number of aromatic carboxylic acids is 1. The van der Waals surface area contributed by atoms with Crippen molar-refractivity contribution >= 4 is 17.6 Å². The van der Waals surface area contributed by atoms with E-state index >= 15 is 0 Å². The number of aromatic nitrogens is 1. The smallest absolute Gasteiger partial charge is 0.336 e. The molecule has 0 bridgehead atoms. The Morgan fingerprint density at radius 2 is 2.12 bits per heavy atom. The van der Waals surface area contributed by atoms with E-state index in [9.17, 15) is 4.79 Å². The molecule has 0 amide bonds. The van der Waals surface area contributed by atoms with E-state index in [4.69, 9.17) is 21.2 Å². The maximum absolute atomic E-state index is 11.2. The summed E-state index contributed by atoms with van der Waals surface area (Å²) in [6.07, 6.45) is 0. The van der Waals surface area contributed by atoms with Gasteiger partial charge in [0.1, 0.15) is 5.76 Å². The number of benzene rings is 1. The molecule has 1 heterocycles. The minimum Gasteiger partial charge on any atom is -0.478 e. The first-order valence-corrected chi connectivity index (χ1v) is 5.34. The van der Waals surface area contributed by atoms with E-state index in [-0.39, 0.29) is 5.56 Å². The van der Waals surface area contributed by atoms with Gasteiger partial charge in [-0.05, 0) is 32.0 Å². The molecule has 88 valence electrons. The quantitative estimate of drug-likeness (QED) is 0.889. The van der Waals surface area contributed by atoms with Crippen molar-refractivity contribution in [1.29, 1.82) is 0 Å². The lowest BCUT2D eigenvalue weighted by atomic mass is 9.98. The highest BCUT2D eigenvalue weighted by atomic mass is 35.5. The van der Waals surface area contributed by atoms with E-state index in [0.717, 1.165) is 0 Å². The number of hydrogen-bond donors (Lipinski definition) is 1. The van der Waals surface area contributed by atoms with Crippen LogP contribution >= 0.6 is 11.6 Å². The van der Waals surface area contributed by atoms with Crippen molar-refractivity contribution in [3.05, 3.63) is 40.2 Å². The number of rotatable bonds is 2. The summed E-state index contributed by atoms with van der Waals surface area (Å²) in [7, 11) is 0. The molecule has 0 aliphatic rings. The number of aryl methyl sites for hydroxylation is 2. The van der Waals surface area contributed by atoms with Gasteiger partial charge in [-0.25, -0.2) is 4.79 Å². The molecule has 0 saturated heterocycles. The number of carboxylic acids is 1. The lowest BCUT2D eigenvalue weighted by Gasteiger charge is -2.06. The molecule has 0 aliphatic heterocycles. The molecule has 0 saturated carbocycles. The summed E-state index contributed by atoms with van der Waals surface area (Å²) in [5.74, 6) is -0.427. The summed E-state index contributed by atoms with van der Waals surface area (Å²) in [6.45, 7) is 3.50. The van der Waals surface area contributed by atoms with Crippen LogP contribution < -0.4 is 0 Å². The molecule has 0 fully saturated rings. The standard InChI is InChI=1S/C12H10ClNO3/c1-6-11(7(2)17-14-6)10-5-8(13)3-4-9(10)12(15)16/h3-5H,1-2H3,(H,15,16). The normalized spacial score (nSPS) is 10.5. The van der Waals surface area contributed by atoms with Crippen molar-refractivity contribution in [2.24, 2.45) is 0 Å². The first-order chi connectivity index (χ1) is 8.00. The van der Waals surface area contributed by atoms with Crippen molar-refractivity contribution in [3.8, 4) is 11.1 Å². The van der Waals surface area contributed by atoms with Gasteiger partial charge in [0.05, 0.1) is 11.3 Å². The van der Waals surface area contributed by atoms with E-state index < -0.39 is 5.97 Å². The van der Waals surface area contributed by atoms with Crippen LogP contribution in [0.5, 0.6) is 0 Å². The zero-order valence-corrected chi connectivity index (χ0v) is 10.1. The summed E-state index contributed by atoms with van der Waals surface area (Å²) in [6, 6.07) is 4.64. The SMILES string of the molecule is Cc1noc(C)c1-c1cc(Cl)ccc1C(=O)O. The molecule has 17 heavy (non-hydrogen) atoms. The molecule has 2 rings (SSSR count). The van der Waals surface area contributed by atoms with Gasteiger partial charge < -0.3 is 9.63 Å². The fourth-order valence-corrected chi connectivity index (χ4v) is 1.95. The van der Waals surface area contributed by atoms with Crippen molar-refractivity contribution < 1.29 is 14.4 Å². The Bertz CT molecular complexity index is 570. The molecule has 0 aliphatic carbocycles. The third kappa shape index (κ3) is 2.03. The van der Waals surface area contributed by atoms with Gasteiger partial charge in [0.25, 0.3) is 0 Å². The second-order valence-corrected chi connectivity index (χ2v) is 4.13. The van der Waals surface area contributed by atoms with Crippen LogP contribution in [-0.2, 0) is 0 Å². The Morgan fingerprint density at radius 3 is 2.65 bits per heavy atom. The lowest BCUT2D eigenvalue weighted by Crippen LogP contribution is -2.00. The molecule has 0 atom stereocenters. The third-order valence-electron chi connectivity index (χ3n) is 2.51. The van der Waals surface area contributed by atoms with Gasteiger partial charge in [-0.1, -0.05) is 16.8 Å². The summed E-state index contributed by atoms with van der Waals surface area (Å²) in [5, 5.41) is 13.4. The summed E-state index contributed by atoms with van der Waals surface area (Å²) in [4.78, 5) is 11.2.